The van der Waals surface area contributed by atoms with E-state index in [2.05, 4.69) is 5.32 Å². The Kier molecular flexibility index (Phi) is 9.85. The van der Waals surface area contributed by atoms with Gasteiger partial charge >= 0.3 is 0 Å². The highest BCUT2D eigenvalue weighted by atomic mass is 35.5. The van der Waals surface area contributed by atoms with Crippen molar-refractivity contribution < 1.29 is 14.3 Å². The molecular weight excluding hydrogens is 447 g/mol. The maximum Gasteiger partial charge on any atom is 0.261 e. The highest BCUT2D eigenvalue weighted by Gasteiger charge is 2.30. The molecule has 0 aliphatic heterocycles. The van der Waals surface area contributed by atoms with Gasteiger partial charge in [-0.3, -0.25) is 9.59 Å². The number of hydrogen-bond acceptors (Lipinski definition) is 3. The number of carbonyl (C=O) groups is 2. The Morgan fingerprint density at radius 2 is 1.75 bits per heavy atom. The van der Waals surface area contributed by atoms with Crippen LogP contribution in [-0.2, 0) is 16.1 Å². The van der Waals surface area contributed by atoms with Gasteiger partial charge in [0.25, 0.3) is 5.91 Å². The standard InChI is InChI=1S/C25H32Cl2N2O3/c1-6-22(25(31)28-13-16(2)3)29(14-19-20(26)8-7-9-21(19)27)24(30)15-32-23-12-17(4)10-11-18(23)5/h7-12,16,22H,6,13-15H2,1-5H3,(H,28,31). The molecule has 0 spiro atoms. The van der Waals surface area contributed by atoms with Crippen molar-refractivity contribution in [2.75, 3.05) is 13.2 Å². The van der Waals surface area contributed by atoms with Gasteiger partial charge in [0.15, 0.2) is 6.61 Å². The zero-order chi connectivity index (χ0) is 23.8. The van der Waals surface area contributed by atoms with Gasteiger partial charge < -0.3 is 15.0 Å². The molecule has 0 radical (unpaired) electrons. The smallest absolute Gasteiger partial charge is 0.261 e. The van der Waals surface area contributed by atoms with Crippen molar-refractivity contribution in [2.24, 2.45) is 5.92 Å². The molecule has 32 heavy (non-hydrogen) atoms. The van der Waals surface area contributed by atoms with Crippen LogP contribution in [-0.4, -0.2) is 35.9 Å². The van der Waals surface area contributed by atoms with Crippen molar-refractivity contribution in [1.82, 2.24) is 10.2 Å². The number of ether oxygens (including phenoxy) is 1. The molecule has 7 heteroatoms. The van der Waals surface area contributed by atoms with E-state index in [0.717, 1.165) is 11.1 Å². The molecule has 2 aromatic rings. The van der Waals surface area contributed by atoms with Crippen molar-refractivity contribution >= 4 is 35.0 Å². The van der Waals surface area contributed by atoms with Gasteiger partial charge in [-0.1, -0.05) is 62.2 Å². The maximum atomic E-state index is 13.3. The molecule has 0 aliphatic rings. The zero-order valence-electron chi connectivity index (χ0n) is 19.4. The van der Waals surface area contributed by atoms with E-state index in [0.29, 0.717) is 40.2 Å². The summed E-state index contributed by atoms with van der Waals surface area (Å²) in [5.41, 5.74) is 2.58. The molecule has 2 rings (SSSR count). The summed E-state index contributed by atoms with van der Waals surface area (Å²) in [6.45, 7) is 10.3. The highest BCUT2D eigenvalue weighted by molar-refractivity contribution is 6.36. The first-order valence-corrected chi connectivity index (χ1v) is 11.6. The second kappa shape index (κ2) is 12.1. The van der Waals surface area contributed by atoms with E-state index in [9.17, 15) is 9.59 Å². The molecule has 0 aromatic heterocycles. The average Bonchev–Trinajstić information content (AvgIpc) is 2.74. The third kappa shape index (κ3) is 7.14. The molecule has 0 heterocycles. The Bertz CT molecular complexity index is 927. The summed E-state index contributed by atoms with van der Waals surface area (Å²) in [7, 11) is 0. The number of amides is 2. The van der Waals surface area contributed by atoms with Crippen molar-refractivity contribution in [3.05, 3.63) is 63.1 Å². The number of nitrogens with one attached hydrogen (secondary N) is 1. The molecule has 0 fully saturated rings. The minimum Gasteiger partial charge on any atom is -0.483 e. The van der Waals surface area contributed by atoms with Crippen LogP contribution in [0.4, 0.5) is 0 Å². The van der Waals surface area contributed by atoms with Crippen LogP contribution in [0.3, 0.4) is 0 Å². The number of nitrogens with zero attached hydrogens (tertiary/aromatic N) is 1. The topological polar surface area (TPSA) is 58.6 Å². The van der Waals surface area contributed by atoms with E-state index in [4.69, 9.17) is 27.9 Å². The summed E-state index contributed by atoms with van der Waals surface area (Å²) in [5, 5.41) is 3.83. The van der Waals surface area contributed by atoms with Gasteiger partial charge in [0.2, 0.25) is 5.91 Å². The van der Waals surface area contributed by atoms with E-state index >= 15 is 0 Å². The van der Waals surface area contributed by atoms with Gasteiger partial charge in [0, 0.05) is 28.7 Å². The summed E-state index contributed by atoms with van der Waals surface area (Å²) in [6, 6.07) is 10.3. The quantitative estimate of drug-likeness (QED) is 0.485. The molecule has 2 amide bonds. The van der Waals surface area contributed by atoms with E-state index in [1.807, 2.05) is 52.8 Å². The predicted molar refractivity (Wildman–Crippen MR) is 130 cm³/mol. The second-order valence-corrected chi connectivity index (χ2v) is 9.16. The van der Waals surface area contributed by atoms with Crippen LogP contribution in [0.25, 0.3) is 0 Å². The molecular formula is C25H32Cl2N2O3. The van der Waals surface area contributed by atoms with Gasteiger partial charge in [0.1, 0.15) is 11.8 Å². The van der Waals surface area contributed by atoms with Crippen LogP contribution < -0.4 is 10.1 Å². The van der Waals surface area contributed by atoms with E-state index in [-0.39, 0.29) is 25.0 Å². The molecule has 0 bridgehead atoms. The second-order valence-electron chi connectivity index (χ2n) is 8.34. The Morgan fingerprint density at radius 3 is 2.34 bits per heavy atom. The van der Waals surface area contributed by atoms with Crippen molar-refractivity contribution in [1.29, 1.82) is 0 Å². The van der Waals surface area contributed by atoms with Crippen molar-refractivity contribution in [2.45, 2.75) is 53.6 Å². The largest absolute Gasteiger partial charge is 0.483 e. The fourth-order valence-corrected chi connectivity index (χ4v) is 3.80. The minimum absolute atomic E-state index is 0.112. The summed E-state index contributed by atoms with van der Waals surface area (Å²) in [5.74, 6) is 0.426. The first-order chi connectivity index (χ1) is 15.1. The molecule has 0 saturated carbocycles. The van der Waals surface area contributed by atoms with Gasteiger partial charge in [-0.15, -0.1) is 0 Å². The molecule has 1 unspecified atom stereocenters. The van der Waals surface area contributed by atoms with E-state index in [1.54, 1.807) is 18.2 Å². The number of halogens is 2. The third-order valence-electron chi connectivity index (χ3n) is 5.16. The predicted octanol–water partition coefficient (Wildman–Crippen LogP) is 5.57. The molecule has 5 nitrogen and oxygen atoms in total. The first-order valence-electron chi connectivity index (χ1n) is 10.8. The summed E-state index contributed by atoms with van der Waals surface area (Å²) in [6.07, 6.45) is 0.446. The van der Waals surface area contributed by atoms with Crippen molar-refractivity contribution in [3.8, 4) is 5.75 Å². The lowest BCUT2D eigenvalue weighted by Gasteiger charge is -2.31. The van der Waals surface area contributed by atoms with Crippen molar-refractivity contribution in [3.63, 3.8) is 0 Å². The van der Waals surface area contributed by atoms with Crippen LogP contribution in [0.5, 0.6) is 5.75 Å². The minimum atomic E-state index is -0.671. The lowest BCUT2D eigenvalue weighted by Crippen LogP contribution is -2.50. The normalized spacial score (nSPS) is 11.9. The third-order valence-corrected chi connectivity index (χ3v) is 5.86. The molecule has 0 aliphatic carbocycles. The number of carbonyl (C=O) groups excluding carboxylic acids is 2. The summed E-state index contributed by atoms with van der Waals surface area (Å²) in [4.78, 5) is 27.8. The van der Waals surface area contributed by atoms with Crippen LogP contribution in [0.15, 0.2) is 36.4 Å². The van der Waals surface area contributed by atoms with Crippen LogP contribution in [0, 0.1) is 19.8 Å². The van der Waals surface area contributed by atoms with Crippen LogP contribution >= 0.6 is 23.2 Å². The maximum absolute atomic E-state index is 13.3. The lowest BCUT2D eigenvalue weighted by atomic mass is 10.1. The molecule has 1 atom stereocenters. The number of aryl methyl sites for hydroxylation is 2. The Morgan fingerprint density at radius 1 is 1.09 bits per heavy atom. The average molecular weight is 479 g/mol. The van der Waals surface area contributed by atoms with Crippen LogP contribution in [0.1, 0.15) is 43.9 Å². The summed E-state index contributed by atoms with van der Waals surface area (Å²) < 4.78 is 5.84. The van der Waals surface area contributed by atoms with Gasteiger partial charge in [-0.05, 0) is 55.5 Å². The molecule has 0 saturated heterocycles. The fourth-order valence-electron chi connectivity index (χ4n) is 3.28. The fraction of sp³-hybridized carbons (Fsp3) is 0.440. The first kappa shape index (κ1) is 26.0. The lowest BCUT2D eigenvalue weighted by molar-refractivity contribution is -0.143. The number of rotatable bonds is 10. The Balaban J connectivity index is 2.29. The monoisotopic (exact) mass is 478 g/mol. The number of benzene rings is 2. The number of hydrogen-bond donors (Lipinski definition) is 1. The van der Waals surface area contributed by atoms with E-state index < -0.39 is 6.04 Å². The molecule has 1 N–H and O–H groups in total. The molecule has 2 aromatic carbocycles. The zero-order valence-corrected chi connectivity index (χ0v) is 20.9. The van der Waals surface area contributed by atoms with Gasteiger partial charge in [-0.25, -0.2) is 0 Å². The van der Waals surface area contributed by atoms with E-state index in [1.165, 1.54) is 4.90 Å². The summed E-state index contributed by atoms with van der Waals surface area (Å²) >= 11 is 12.7. The van der Waals surface area contributed by atoms with Gasteiger partial charge in [0.05, 0.1) is 0 Å². The van der Waals surface area contributed by atoms with Crippen LogP contribution in [0.2, 0.25) is 10.0 Å². The molecule has 174 valence electrons. The Hall–Kier alpha value is -2.24. The highest BCUT2D eigenvalue weighted by Crippen LogP contribution is 2.27. The SMILES string of the molecule is CCC(C(=O)NCC(C)C)N(Cc1c(Cl)cccc1Cl)C(=O)COc1cc(C)ccc1C. The van der Waals surface area contributed by atoms with Gasteiger partial charge in [-0.2, -0.15) is 0 Å². The Labute approximate surface area is 201 Å².